The van der Waals surface area contributed by atoms with E-state index >= 15 is 0 Å². The summed E-state index contributed by atoms with van der Waals surface area (Å²) < 4.78 is 20.0. The van der Waals surface area contributed by atoms with Crippen LogP contribution in [0.2, 0.25) is 0 Å². The van der Waals surface area contributed by atoms with Gasteiger partial charge in [0.2, 0.25) is 0 Å². The zero-order valence-electron chi connectivity index (χ0n) is 13.6. The molecule has 2 heterocycles. The quantitative estimate of drug-likeness (QED) is 0.728. The highest BCUT2D eigenvalue weighted by Gasteiger charge is 2.17. The summed E-state index contributed by atoms with van der Waals surface area (Å²) in [4.78, 5) is 0. The molecule has 0 radical (unpaired) electrons. The van der Waals surface area contributed by atoms with Gasteiger partial charge in [0.25, 0.3) is 0 Å². The van der Waals surface area contributed by atoms with Crippen molar-refractivity contribution in [3.05, 3.63) is 71.7 Å². The van der Waals surface area contributed by atoms with Crippen LogP contribution >= 0.6 is 0 Å². The molecule has 3 rings (SSSR count). The van der Waals surface area contributed by atoms with E-state index in [0.717, 1.165) is 16.9 Å². The highest BCUT2D eigenvalue weighted by atomic mass is 19.1. The average Bonchev–Trinajstić information content (AvgIpc) is 3.23. The molecule has 3 aromatic rings. The van der Waals surface area contributed by atoms with Crippen molar-refractivity contribution in [2.45, 2.75) is 26.0 Å². The van der Waals surface area contributed by atoms with Gasteiger partial charge < -0.3 is 14.8 Å². The van der Waals surface area contributed by atoms with Crippen LogP contribution in [0.15, 0.2) is 53.3 Å². The third-order valence-corrected chi connectivity index (χ3v) is 4.07. The van der Waals surface area contributed by atoms with Crippen LogP contribution in [-0.2, 0) is 0 Å². The van der Waals surface area contributed by atoms with Gasteiger partial charge in [-0.3, -0.25) is 0 Å². The molecule has 0 amide bonds. The van der Waals surface area contributed by atoms with E-state index in [1.165, 1.54) is 12.1 Å². The Labute approximate surface area is 139 Å². The van der Waals surface area contributed by atoms with E-state index in [1.54, 1.807) is 41.4 Å². The van der Waals surface area contributed by atoms with Gasteiger partial charge in [-0.05, 0) is 50.2 Å². The summed E-state index contributed by atoms with van der Waals surface area (Å²) in [6.45, 7) is 4.34. The van der Waals surface area contributed by atoms with E-state index < -0.39 is 6.10 Å². The first-order chi connectivity index (χ1) is 11.6. The van der Waals surface area contributed by atoms with Crippen molar-refractivity contribution >= 4 is 0 Å². The molecule has 0 aliphatic rings. The van der Waals surface area contributed by atoms with Gasteiger partial charge in [0.05, 0.1) is 18.1 Å². The van der Waals surface area contributed by atoms with E-state index in [2.05, 4.69) is 10.4 Å². The first kappa shape index (κ1) is 16.4. The second kappa shape index (κ2) is 6.98. The fourth-order valence-electron chi connectivity index (χ4n) is 2.67. The summed E-state index contributed by atoms with van der Waals surface area (Å²) in [6, 6.07) is 9.71. The molecule has 0 bridgehead atoms. The van der Waals surface area contributed by atoms with E-state index in [9.17, 15) is 9.50 Å². The molecule has 2 atom stereocenters. The maximum Gasteiger partial charge on any atom is 0.133 e. The van der Waals surface area contributed by atoms with Crippen LogP contribution in [0, 0.1) is 12.7 Å². The largest absolute Gasteiger partial charge is 0.467 e. The number of hydrogen-bond acceptors (Lipinski definition) is 4. The summed E-state index contributed by atoms with van der Waals surface area (Å²) in [5.74, 6) is 0.263. The predicted octanol–water partition coefficient (Wildman–Crippen LogP) is 3.30. The Morgan fingerprint density at radius 3 is 2.71 bits per heavy atom. The Bertz CT molecular complexity index is 781. The molecule has 5 nitrogen and oxygen atoms in total. The van der Waals surface area contributed by atoms with Gasteiger partial charge in [0.1, 0.15) is 17.7 Å². The molecule has 0 fully saturated rings. The number of aliphatic hydroxyl groups is 1. The molecule has 6 heteroatoms. The minimum atomic E-state index is -0.699. The lowest BCUT2D eigenvalue weighted by Crippen LogP contribution is -2.24. The monoisotopic (exact) mass is 329 g/mol. The number of nitrogens with zero attached hydrogens (tertiary/aromatic N) is 2. The fourth-order valence-corrected chi connectivity index (χ4v) is 2.67. The molecule has 24 heavy (non-hydrogen) atoms. The lowest BCUT2D eigenvalue weighted by atomic mass is 10.1. The zero-order chi connectivity index (χ0) is 17.1. The van der Waals surface area contributed by atoms with Gasteiger partial charge in [-0.15, -0.1) is 0 Å². The van der Waals surface area contributed by atoms with E-state index in [0.29, 0.717) is 12.3 Å². The van der Waals surface area contributed by atoms with Crippen molar-refractivity contribution in [2.24, 2.45) is 0 Å². The standard InChI is InChI=1S/C18H20FN3O2/c1-12(20-11-17(23)18-4-3-9-24-18)16-10-21-22(13(16)2)15-7-5-14(19)6-8-15/h3-10,12,17,20,23H,11H2,1-2H3. The molecule has 0 saturated carbocycles. The molecule has 0 aliphatic carbocycles. The highest BCUT2D eigenvalue weighted by Crippen LogP contribution is 2.21. The summed E-state index contributed by atoms with van der Waals surface area (Å²) in [5, 5.41) is 17.7. The smallest absolute Gasteiger partial charge is 0.133 e. The van der Waals surface area contributed by atoms with Crippen LogP contribution in [0.5, 0.6) is 0 Å². The third-order valence-electron chi connectivity index (χ3n) is 4.07. The van der Waals surface area contributed by atoms with E-state index in [-0.39, 0.29) is 11.9 Å². The van der Waals surface area contributed by atoms with Crippen molar-refractivity contribution in [2.75, 3.05) is 6.54 Å². The van der Waals surface area contributed by atoms with Crippen LogP contribution in [0.4, 0.5) is 4.39 Å². The van der Waals surface area contributed by atoms with Gasteiger partial charge in [-0.25, -0.2) is 9.07 Å². The van der Waals surface area contributed by atoms with Crippen LogP contribution in [0.3, 0.4) is 0 Å². The molecule has 1 aromatic carbocycles. The van der Waals surface area contributed by atoms with E-state index in [1.807, 2.05) is 13.8 Å². The Morgan fingerprint density at radius 1 is 1.29 bits per heavy atom. The molecule has 2 unspecified atom stereocenters. The lowest BCUT2D eigenvalue weighted by Gasteiger charge is -2.16. The first-order valence-corrected chi connectivity index (χ1v) is 7.81. The molecule has 2 aromatic heterocycles. The average molecular weight is 329 g/mol. The van der Waals surface area contributed by atoms with E-state index in [4.69, 9.17) is 4.42 Å². The molecular weight excluding hydrogens is 309 g/mol. The van der Waals surface area contributed by atoms with Gasteiger partial charge in [-0.2, -0.15) is 5.10 Å². The molecule has 0 aliphatic heterocycles. The normalized spacial score (nSPS) is 13.8. The summed E-state index contributed by atoms with van der Waals surface area (Å²) in [5.41, 5.74) is 2.79. The SMILES string of the molecule is Cc1c(C(C)NCC(O)c2ccco2)cnn1-c1ccc(F)cc1. The van der Waals surface area contributed by atoms with Gasteiger partial charge in [0, 0.05) is 23.8 Å². The fraction of sp³-hybridized carbons (Fsp3) is 0.278. The number of halogens is 1. The van der Waals surface area contributed by atoms with Crippen molar-refractivity contribution < 1.29 is 13.9 Å². The Balaban J connectivity index is 1.69. The topological polar surface area (TPSA) is 63.2 Å². The minimum absolute atomic E-state index is 0.00353. The molecule has 2 N–H and O–H groups in total. The maximum atomic E-state index is 13.1. The van der Waals surface area contributed by atoms with Crippen molar-refractivity contribution in [3.63, 3.8) is 0 Å². The highest BCUT2D eigenvalue weighted by molar-refractivity contribution is 5.35. The van der Waals surface area contributed by atoms with Gasteiger partial charge in [-0.1, -0.05) is 0 Å². The van der Waals surface area contributed by atoms with Gasteiger partial charge in [0.15, 0.2) is 0 Å². The summed E-state index contributed by atoms with van der Waals surface area (Å²) in [7, 11) is 0. The number of rotatable bonds is 6. The zero-order valence-corrected chi connectivity index (χ0v) is 13.6. The van der Waals surface area contributed by atoms with Crippen molar-refractivity contribution in [3.8, 4) is 5.69 Å². The summed E-state index contributed by atoms with van der Waals surface area (Å²) in [6.07, 6.45) is 2.63. The molecular formula is C18H20FN3O2. The van der Waals surface area contributed by atoms with Crippen LogP contribution in [0.1, 0.15) is 36.1 Å². The van der Waals surface area contributed by atoms with Gasteiger partial charge >= 0.3 is 0 Å². The van der Waals surface area contributed by atoms with Crippen molar-refractivity contribution in [1.29, 1.82) is 0 Å². The number of nitrogens with one attached hydrogen (secondary N) is 1. The number of aromatic nitrogens is 2. The van der Waals surface area contributed by atoms with Crippen LogP contribution < -0.4 is 5.32 Å². The molecule has 0 saturated heterocycles. The van der Waals surface area contributed by atoms with Crippen LogP contribution in [0.25, 0.3) is 5.69 Å². The Kier molecular flexibility index (Phi) is 4.78. The molecule has 0 spiro atoms. The number of benzene rings is 1. The maximum absolute atomic E-state index is 13.1. The number of hydrogen-bond donors (Lipinski definition) is 2. The number of aliphatic hydroxyl groups excluding tert-OH is 1. The second-order valence-corrected chi connectivity index (χ2v) is 5.73. The number of furan rings is 1. The lowest BCUT2D eigenvalue weighted by molar-refractivity contribution is 0.144. The van der Waals surface area contributed by atoms with Crippen LogP contribution in [-0.4, -0.2) is 21.4 Å². The minimum Gasteiger partial charge on any atom is -0.467 e. The Morgan fingerprint density at radius 2 is 2.04 bits per heavy atom. The summed E-state index contributed by atoms with van der Waals surface area (Å²) >= 11 is 0. The van der Waals surface area contributed by atoms with Crippen molar-refractivity contribution in [1.82, 2.24) is 15.1 Å². The molecule has 126 valence electrons. The first-order valence-electron chi connectivity index (χ1n) is 7.81. The second-order valence-electron chi connectivity index (χ2n) is 5.73. The third kappa shape index (κ3) is 3.39. The predicted molar refractivity (Wildman–Crippen MR) is 88.3 cm³/mol. The Hall–Kier alpha value is -2.44.